The molecule has 12 heavy (non-hydrogen) atoms. The quantitative estimate of drug-likeness (QED) is 0.693. The minimum absolute atomic E-state index is 0.215. The number of hydrogen-bond acceptors (Lipinski definition) is 2. The van der Waals surface area contributed by atoms with Crippen LogP contribution in [0.1, 0.15) is 19.5 Å². The van der Waals surface area contributed by atoms with Crippen molar-refractivity contribution in [3.05, 3.63) is 23.2 Å². The molecule has 0 N–H and O–H groups in total. The van der Waals surface area contributed by atoms with Crippen LogP contribution in [0, 0.1) is 0 Å². The summed E-state index contributed by atoms with van der Waals surface area (Å²) < 4.78 is 0. The predicted molar refractivity (Wildman–Crippen MR) is 50.8 cm³/mol. The number of hydrogen-bond donors (Lipinski definition) is 0. The zero-order chi connectivity index (χ0) is 9.19. The minimum Gasteiger partial charge on any atom is -0.256 e. The van der Waals surface area contributed by atoms with E-state index in [4.69, 9.17) is 23.2 Å². The standard InChI is InChI=1S/C8H10Cl2N2/c1-8(2,5-9)6-7(10)12-4-3-11-6/h3-4H,5H2,1-2H3. The third kappa shape index (κ3) is 1.87. The molecule has 2 nitrogen and oxygen atoms in total. The van der Waals surface area contributed by atoms with E-state index < -0.39 is 0 Å². The fourth-order valence-electron chi connectivity index (χ4n) is 0.838. The lowest BCUT2D eigenvalue weighted by atomic mass is 9.92. The Balaban J connectivity index is 3.10. The third-order valence-corrected chi connectivity index (χ3v) is 2.57. The molecule has 0 aliphatic heterocycles. The molecule has 0 aliphatic rings. The molecule has 1 rings (SSSR count). The van der Waals surface area contributed by atoms with Crippen LogP contribution in [-0.4, -0.2) is 15.8 Å². The Morgan fingerprint density at radius 1 is 1.33 bits per heavy atom. The molecule has 1 aromatic heterocycles. The summed E-state index contributed by atoms with van der Waals surface area (Å²) in [6.07, 6.45) is 3.19. The van der Waals surface area contributed by atoms with Gasteiger partial charge in [0.15, 0.2) is 5.15 Å². The van der Waals surface area contributed by atoms with Gasteiger partial charge in [-0.05, 0) is 0 Å². The Bertz CT molecular complexity index is 274. The summed E-state index contributed by atoms with van der Waals surface area (Å²) in [6.45, 7) is 3.96. The average molecular weight is 205 g/mol. The van der Waals surface area contributed by atoms with Crippen LogP contribution in [0.25, 0.3) is 0 Å². The Kier molecular flexibility index (Phi) is 2.91. The number of alkyl halides is 1. The van der Waals surface area contributed by atoms with Gasteiger partial charge in [-0.15, -0.1) is 11.6 Å². The zero-order valence-electron chi connectivity index (χ0n) is 7.01. The SMILES string of the molecule is CC(C)(CCl)c1nccnc1Cl. The van der Waals surface area contributed by atoms with E-state index in [9.17, 15) is 0 Å². The second kappa shape index (κ2) is 3.58. The second-order valence-corrected chi connectivity index (χ2v) is 3.84. The van der Waals surface area contributed by atoms with Crippen LogP contribution in [0.5, 0.6) is 0 Å². The fraction of sp³-hybridized carbons (Fsp3) is 0.500. The van der Waals surface area contributed by atoms with Crippen LogP contribution in [0.2, 0.25) is 5.15 Å². The molecule has 0 saturated carbocycles. The normalized spacial score (nSPS) is 11.7. The van der Waals surface area contributed by atoms with Crippen molar-refractivity contribution >= 4 is 23.2 Å². The summed E-state index contributed by atoms with van der Waals surface area (Å²) in [5.41, 5.74) is 0.536. The number of rotatable bonds is 2. The van der Waals surface area contributed by atoms with Crippen molar-refractivity contribution in [2.24, 2.45) is 0 Å². The summed E-state index contributed by atoms with van der Waals surface area (Å²) in [7, 11) is 0. The van der Waals surface area contributed by atoms with Gasteiger partial charge in [0.25, 0.3) is 0 Å². The molecule has 4 heteroatoms. The fourth-order valence-corrected chi connectivity index (χ4v) is 1.33. The predicted octanol–water partition coefficient (Wildman–Crippen LogP) is 2.65. The van der Waals surface area contributed by atoms with E-state index in [0.29, 0.717) is 11.0 Å². The molecule has 1 aromatic rings. The van der Waals surface area contributed by atoms with Gasteiger partial charge >= 0.3 is 0 Å². The van der Waals surface area contributed by atoms with E-state index in [1.807, 2.05) is 13.8 Å². The van der Waals surface area contributed by atoms with Gasteiger partial charge in [-0.25, -0.2) is 4.98 Å². The highest BCUT2D eigenvalue weighted by molar-refractivity contribution is 6.30. The molecule has 0 fully saturated rings. The van der Waals surface area contributed by atoms with Gasteiger partial charge in [0.2, 0.25) is 0 Å². The molecule has 0 spiro atoms. The van der Waals surface area contributed by atoms with Crippen LogP contribution in [0.4, 0.5) is 0 Å². The molecule has 0 bridgehead atoms. The molecular formula is C8H10Cl2N2. The molecule has 1 heterocycles. The molecular weight excluding hydrogens is 195 g/mol. The number of nitrogens with zero attached hydrogens (tertiary/aromatic N) is 2. The molecule has 0 aliphatic carbocycles. The van der Waals surface area contributed by atoms with Gasteiger partial charge in [0.1, 0.15) is 0 Å². The Morgan fingerprint density at radius 3 is 2.42 bits per heavy atom. The van der Waals surface area contributed by atoms with Crippen LogP contribution >= 0.6 is 23.2 Å². The first-order valence-corrected chi connectivity index (χ1v) is 4.52. The van der Waals surface area contributed by atoms with Crippen molar-refractivity contribution in [1.82, 2.24) is 9.97 Å². The van der Waals surface area contributed by atoms with Crippen LogP contribution in [0.15, 0.2) is 12.4 Å². The van der Waals surface area contributed by atoms with Gasteiger partial charge in [-0.1, -0.05) is 25.4 Å². The Labute approximate surface area is 81.9 Å². The zero-order valence-corrected chi connectivity index (χ0v) is 8.52. The lowest BCUT2D eigenvalue weighted by molar-refractivity contribution is 0.573. The number of aromatic nitrogens is 2. The number of halogens is 2. The first-order chi connectivity index (χ1) is 5.58. The molecule has 0 atom stereocenters. The van der Waals surface area contributed by atoms with Crippen molar-refractivity contribution in [2.75, 3.05) is 5.88 Å². The maximum atomic E-state index is 5.86. The van der Waals surface area contributed by atoms with Crippen molar-refractivity contribution in [1.29, 1.82) is 0 Å². The van der Waals surface area contributed by atoms with Gasteiger partial charge in [-0.2, -0.15) is 0 Å². The molecule has 0 amide bonds. The van der Waals surface area contributed by atoms with E-state index in [1.165, 1.54) is 0 Å². The second-order valence-electron chi connectivity index (χ2n) is 3.21. The third-order valence-electron chi connectivity index (χ3n) is 1.63. The van der Waals surface area contributed by atoms with Gasteiger partial charge in [-0.3, -0.25) is 4.98 Å². The van der Waals surface area contributed by atoms with Gasteiger partial charge < -0.3 is 0 Å². The Morgan fingerprint density at radius 2 is 1.92 bits per heavy atom. The van der Waals surface area contributed by atoms with Crippen molar-refractivity contribution in [3.8, 4) is 0 Å². The topological polar surface area (TPSA) is 25.8 Å². The van der Waals surface area contributed by atoms with Crippen LogP contribution in [0.3, 0.4) is 0 Å². The summed E-state index contributed by atoms with van der Waals surface area (Å²) in [4.78, 5) is 8.08. The first-order valence-electron chi connectivity index (χ1n) is 3.61. The summed E-state index contributed by atoms with van der Waals surface area (Å²) >= 11 is 11.6. The minimum atomic E-state index is -0.215. The average Bonchev–Trinajstić information content (AvgIpc) is 2.05. The van der Waals surface area contributed by atoms with E-state index in [1.54, 1.807) is 12.4 Å². The molecule has 0 aromatic carbocycles. The summed E-state index contributed by atoms with van der Waals surface area (Å²) in [5, 5.41) is 0.433. The summed E-state index contributed by atoms with van der Waals surface area (Å²) in [5.74, 6) is 0.478. The monoisotopic (exact) mass is 204 g/mol. The smallest absolute Gasteiger partial charge is 0.151 e. The van der Waals surface area contributed by atoms with Gasteiger partial charge in [0, 0.05) is 23.7 Å². The lowest BCUT2D eigenvalue weighted by Gasteiger charge is -2.20. The van der Waals surface area contributed by atoms with E-state index in [2.05, 4.69) is 9.97 Å². The maximum absolute atomic E-state index is 5.86. The van der Waals surface area contributed by atoms with E-state index in [0.717, 1.165) is 5.69 Å². The highest BCUT2D eigenvalue weighted by Crippen LogP contribution is 2.26. The summed E-state index contributed by atoms with van der Waals surface area (Å²) in [6, 6.07) is 0. The van der Waals surface area contributed by atoms with E-state index >= 15 is 0 Å². The first kappa shape index (κ1) is 9.75. The van der Waals surface area contributed by atoms with Crippen molar-refractivity contribution in [3.63, 3.8) is 0 Å². The largest absolute Gasteiger partial charge is 0.256 e. The molecule has 0 radical (unpaired) electrons. The highest BCUT2D eigenvalue weighted by Gasteiger charge is 2.24. The van der Waals surface area contributed by atoms with E-state index in [-0.39, 0.29) is 5.41 Å². The maximum Gasteiger partial charge on any atom is 0.151 e. The van der Waals surface area contributed by atoms with Gasteiger partial charge in [0.05, 0.1) is 5.69 Å². The van der Waals surface area contributed by atoms with Crippen LogP contribution in [-0.2, 0) is 5.41 Å². The van der Waals surface area contributed by atoms with Crippen molar-refractivity contribution in [2.45, 2.75) is 19.3 Å². The molecule has 66 valence electrons. The van der Waals surface area contributed by atoms with Crippen LogP contribution < -0.4 is 0 Å². The Hall–Kier alpha value is -0.340. The molecule has 0 unspecified atom stereocenters. The molecule has 0 saturated heterocycles. The lowest BCUT2D eigenvalue weighted by Crippen LogP contribution is -2.21. The highest BCUT2D eigenvalue weighted by atomic mass is 35.5. The van der Waals surface area contributed by atoms with Crippen molar-refractivity contribution < 1.29 is 0 Å².